The predicted molar refractivity (Wildman–Crippen MR) is 73.5 cm³/mol. The van der Waals surface area contributed by atoms with Gasteiger partial charge in [-0.05, 0) is 41.4 Å². The lowest BCUT2D eigenvalue weighted by atomic mass is 10.0. The molecule has 0 bridgehead atoms. The van der Waals surface area contributed by atoms with Gasteiger partial charge < -0.3 is 0 Å². The van der Waals surface area contributed by atoms with E-state index in [2.05, 4.69) is 58.1 Å². The molecule has 86 valence electrons. The van der Waals surface area contributed by atoms with Crippen LogP contribution >= 0.6 is 27.3 Å². The Bertz CT molecular complexity index is 667. The number of benzene rings is 1. The van der Waals surface area contributed by atoms with Gasteiger partial charge in [0.15, 0.2) is 3.92 Å². The highest BCUT2D eigenvalue weighted by atomic mass is 79.9. The van der Waals surface area contributed by atoms with Crippen LogP contribution in [0.3, 0.4) is 0 Å². The largest absolute Gasteiger partial charge is 0.217 e. The molecule has 0 amide bonds. The van der Waals surface area contributed by atoms with Crippen molar-refractivity contribution in [1.29, 1.82) is 0 Å². The van der Waals surface area contributed by atoms with Crippen LogP contribution in [-0.2, 0) is 0 Å². The zero-order valence-electron chi connectivity index (χ0n) is 9.44. The Morgan fingerprint density at radius 2 is 2.12 bits per heavy atom. The second-order valence-electron chi connectivity index (χ2n) is 4.03. The fraction of sp³-hybridized carbons (Fsp3) is 0.167. The summed E-state index contributed by atoms with van der Waals surface area (Å²) in [5.41, 5.74) is 4.65. The normalized spacial score (nSPS) is 11.2. The monoisotopic (exact) mass is 307 g/mol. The average Bonchev–Trinajstić information content (AvgIpc) is 2.78. The standard InChI is InChI=1S/C12H10BrN3S/c1-7-3-4-8(2)9(5-7)10-6-16-12(14-10)17-11(13)15-16/h3-6H,1-2H3. The van der Waals surface area contributed by atoms with Crippen molar-refractivity contribution in [3.63, 3.8) is 0 Å². The Kier molecular flexibility index (Phi) is 2.52. The third kappa shape index (κ3) is 1.89. The number of rotatable bonds is 1. The summed E-state index contributed by atoms with van der Waals surface area (Å²) < 4.78 is 2.67. The van der Waals surface area contributed by atoms with E-state index in [9.17, 15) is 0 Å². The minimum atomic E-state index is 0.854. The summed E-state index contributed by atoms with van der Waals surface area (Å²) in [4.78, 5) is 5.50. The van der Waals surface area contributed by atoms with Crippen molar-refractivity contribution in [3.05, 3.63) is 39.4 Å². The first-order chi connectivity index (χ1) is 8.13. The second-order valence-corrected chi connectivity index (χ2v) is 6.26. The van der Waals surface area contributed by atoms with Crippen LogP contribution in [0.2, 0.25) is 0 Å². The van der Waals surface area contributed by atoms with Crippen LogP contribution in [-0.4, -0.2) is 14.6 Å². The molecular formula is C12H10BrN3S. The number of aromatic nitrogens is 3. The Hall–Kier alpha value is -1.20. The minimum absolute atomic E-state index is 0.854. The van der Waals surface area contributed by atoms with Crippen LogP contribution in [0.15, 0.2) is 28.3 Å². The number of imidazole rings is 1. The van der Waals surface area contributed by atoms with Gasteiger partial charge in [-0.3, -0.25) is 0 Å². The average molecular weight is 308 g/mol. The molecule has 3 aromatic rings. The molecule has 3 nitrogen and oxygen atoms in total. The molecule has 0 saturated carbocycles. The van der Waals surface area contributed by atoms with Crippen molar-refractivity contribution in [2.45, 2.75) is 13.8 Å². The van der Waals surface area contributed by atoms with E-state index in [4.69, 9.17) is 0 Å². The molecule has 2 aromatic heterocycles. The zero-order valence-corrected chi connectivity index (χ0v) is 11.8. The molecule has 0 fully saturated rings. The van der Waals surface area contributed by atoms with Crippen molar-refractivity contribution < 1.29 is 0 Å². The maximum Gasteiger partial charge on any atom is 0.213 e. The Labute approximate surface area is 111 Å². The van der Waals surface area contributed by atoms with Crippen LogP contribution in [0.25, 0.3) is 16.2 Å². The third-order valence-electron chi connectivity index (χ3n) is 2.69. The summed E-state index contributed by atoms with van der Waals surface area (Å²) in [7, 11) is 0. The van der Waals surface area contributed by atoms with E-state index in [0.29, 0.717) is 0 Å². The number of nitrogens with zero attached hydrogens (tertiary/aromatic N) is 3. The van der Waals surface area contributed by atoms with E-state index in [0.717, 1.165) is 14.6 Å². The fourth-order valence-corrected chi connectivity index (χ4v) is 3.03. The lowest BCUT2D eigenvalue weighted by Crippen LogP contribution is -1.85. The molecule has 0 N–H and O–H groups in total. The summed E-state index contributed by atoms with van der Waals surface area (Å²) in [6.07, 6.45) is 1.97. The maximum atomic E-state index is 4.59. The SMILES string of the molecule is Cc1ccc(C)c(-c2cn3nc(Br)sc3n2)c1. The summed E-state index contributed by atoms with van der Waals surface area (Å²) in [6, 6.07) is 6.41. The van der Waals surface area contributed by atoms with Gasteiger partial charge in [0.2, 0.25) is 4.96 Å². The maximum absolute atomic E-state index is 4.59. The first kappa shape index (κ1) is 10.9. The van der Waals surface area contributed by atoms with Crippen molar-refractivity contribution in [2.75, 3.05) is 0 Å². The number of halogens is 1. The Balaban J connectivity index is 2.19. The molecule has 0 atom stereocenters. The number of hydrogen-bond donors (Lipinski definition) is 0. The molecular weight excluding hydrogens is 298 g/mol. The van der Waals surface area contributed by atoms with E-state index in [1.807, 2.05) is 10.7 Å². The Morgan fingerprint density at radius 1 is 1.29 bits per heavy atom. The highest BCUT2D eigenvalue weighted by Gasteiger charge is 2.10. The number of hydrogen-bond acceptors (Lipinski definition) is 3. The second kappa shape index (κ2) is 3.92. The molecule has 0 aliphatic heterocycles. The highest BCUT2D eigenvalue weighted by molar-refractivity contribution is 9.11. The molecule has 3 rings (SSSR count). The van der Waals surface area contributed by atoms with Gasteiger partial charge in [-0.2, -0.15) is 0 Å². The molecule has 1 aromatic carbocycles. The first-order valence-electron chi connectivity index (χ1n) is 5.23. The molecule has 0 radical (unpaired) electrons. The molecule has 0 aliphatic rings. The van der Waals surface area contributed by atoms with E-state index in [-0.39, 0.29) is 0 Å². The van der Waals surface area contributed by atoms with Gasteiger partial charge in [0.25, 0.3) is 0 Å². The predicted octanol–water partition coefficient (Wildman–Crippen LogP) is 3.84. The number of fused-ring (bicyclic) bond motifs is 1. The summed E-state index contributed by atoms with van der Waals surface area (Å²) in [6.45, 7) is 4.20. The topological polar surface area (TPSA) is 30.2 Å². The van der Waals surface area contributed by atoms with Crippen molar-refractivity contribution in [3.8, 4) is 11.3 Å². The molecule has 0 aliphatic carbocycles. The van der Waals surface area contributed by atoms with E-state index in [1.54, 1.807) is 0 Å². The molecule has 5 heteroatoms. The smallest absolute Gasteiger partial charge is 0.213 e. The van der Waals surface area contributed by atoms with Gasteiger partial charge in [-0.1, -0.05) is 29.0 Å². The lowest BCUT2D eigenvalue weighted by Gasteiger charge is -2.03. The fourth-order valence-electron chi connectivity index (χ4n) is 1.82. The van der Waals surface area contributed by atoms with Crippen LogP contribution in [0.4, 0.5) is 0 Å². The quantitative estimate of drug-likeness (QED) is 0.684. The van der Waals surface area contributed by atoms with Gasteiger partial charge in [-0.25, -0.2) is 9.50 Å². The zero-order chi connectivity index (χ0) is 12.0. The van der Waals surface area contributed by atoms with Crippen LogP contribution in [0, 0.1) is 13.8 Å². The third-order valence-corrected chi connectivity index (χ3v) is 4.04. The van der Waals surface area contributed by atoms with Gasteiger partial charge in [0, 0.05) is 5.56 Å². The van der Waals surface area contributed by atoms with Gasteiger partial charge in [-0.15, -0.1) is 5.10 Å². The highest BCUT2D eigenvalue weighted by Crippen LogP contribution is 2.27. The molecule has 17 heavy (non-hydrogen) atoms. The summed E-state index contributed by atoms with van der Waals surface area (Å²) in [5.74, 6) is 0. The van der Waals surface area contributed by atoms with E-state index >= 15 is 0 Å². The first-order valence-corrected chi connectivity index (χ1v) is 6.84. The molecule has 0 spiro atoms. The van der Waals surface area contributed by atoms with Crippen LogP contribution < -0.4 is 0 Å². The van der Waals surface area contributed by atoms with Crippen LogP contribution in [0.1, 0.15) is 11.1 Å². The summed E-state index contributed by atoms with van der Waals surface area (Å²) in [5, 5.41) is 4.30. The minimum Gasteiger partial charge on any atom is -0.217 e. The summed E-state index contributed by atoms with van der Waals surface area (Å²) >= 11 is 4.89. The molecule has 0 unspecified atom stereocenters. The van der Waals surface area contributed by atoms with Crippen molar-refractivity contribution in [2.24, 2.45) is 0 Å². The van der Waals surface area contributed by atoms with Crippen molar-refractivity contribution >= 4 is 32.2 Å². The van der Waals surface area contributed by atoms with E-state index < -0.39 is 0 Å². The number of aryl methyl sites for hydroxylation is 2. The molecule has 0 saturated heterocycles. The van der Waals surface area contributed by atoms with E-state index in [1.165, 1.54) is 28.0 Å². The molecule has 2 heterocycles. The van der Waals surface area contributed by atoms with Crippen molar-refractivity contribution in [1.82, 2.24) is 14.6 Å². The van der Waals surface area contributed by atoms with Gasteiger partial charge in [0.1, 0.15) is 0 Å². The Morgan fingerprint density at radius 3 is 2.88 bits per heavy atom. The lowest BCUT2D eigenvalue weighted by molar-refractivity contribution is 0.959. The van der Waals surface area contributed by atoms with Crippen LogP contribution in [0.5, 0.6) is 0 Å². The van der Waals surface area contributed by atoms with Gasteiger partial charge >= 0.3 is 0 Å². The van der Waals surface area contributed by atoms with Gasteiger partial charge in [0.05, 0.1) is 11.9 Å².